The third-order valence-electron chi connectivity index (χ3n) is 6.59. The molecule has 2 fully saturated rings. The molecule has 1 heterocycles. The molecule has 3 N–H and O–H groups in total. The minimum atomic E-state index is -0.677. The van der Waals surface area contributed by atoms with Crippen molar-refractivity contribution in [3.05, 3.63) is 65.2 Å². The van der Waals surface area contributed by atoms with Crippen molar-refractivity contribution in [2.45, 2.75) is 50.9 Å². The first-order chi connectivity index (χ1) is 14.1. The fourth-order valence-corrected chi connectivity index (χ4v) is 5.14. The highest BCUT2D eigenvalue weighted by Crippen LogP contribution is 2.41. The van der Waals surface area contributed by atoms with Crippen LogP contribution in [0.2, 0.25) is 0 Å². The Morgan fingerprint density at radius 1 is 1.21 bits per heavy atom. The van der Waals surface area contributed by atoms with Crippen LogP contribution in [0.3, 0.4) is 0 Å². The lowest BCUT2D eigenvalue weighted by Gasteiger charge is -2.49. The lowest BCUT2D eigenvalue weighted by molar-refractivity contribution is -0.145. The highest BCUT2D eigenvalue weighted by atomic mass is 16.5. The molecule has 1 aliphatic heterocycles. The van der Waals surface area contributed by atoms with Crippen LogP contribution in [0, 0.1) is 18.8 Å². The van der Waals surface area contributed by atoms with Crippen LogP contribution in [0.15, 0.2) is 48.5 Å². The van der Waals surface area contributed by atoms with Crippen LogP contribution in [0.4, 0.5) is 0 Å². The zero-order chi connectivity index (χ0) is 20.4. The van der Waals surface area contributed by atoms with E-state index in [0.29, 0.717) is 5.92 Å². The van der Waals surface area contributed by atoms with Crippen LogP contribution in [0.25, 0.3) is 0 Å². The molecule has 154 valence electrons. The van der Waals surface area contributed by atoms with Crippen molar-refractivity contribution in [2.75, 3.05) is 7.11 Å². The van der Waals surface area contributed by atoms with Crippen molar-refractivity contribution in [3.63, 3.8) is 0 Å². The second-order valence-corrected chi connectivity index (χ2v) is 8.40. The quantitative estimate of drug-likeness (QED) is 0.697. The molecule has 5 heteroatoms. The number of aliphatic carboxylic acids is 1. The molecule has 2 aromatic carbocycles. The minimum absolute atomic E-state index is 0.0306. The summed E-state index contributed by atoms with van der Waals surface area (Å²) in [6.45, 7) is 2.82. The zero-order valence-electron chi connectivity index (χ0n) is 17.1. The van der Waals surface area contributed by atoms with Crippen molar-refractivity contribution >= 4 is 5.97 Å². The summed E-state index contributed by atoms with van der Waals surface area (Å²) in [6.07, 6.45) is 2.59. The summed E-state index contributed by atoms with van der Waals surface area (Å²) in [6, 6.07) is 17.0. The van der Waals surface area contributed by atoms with Crippen molar-refractivity contribution in [3.8, 4) is 5.75 Å². The van der Waals surface area contributed by atoms with Gasteiger partial charge in [-0.1, -0.05) is 48.0 Å². The van der Waals surface area contributed by atoms with E-state index in [9.17, 15) is 9.90 Å². The Hall–Kier alpha value is -2.37. The number of hydrogen-bond donors (Lipinski definition) is 3. The van der Waals surface area contributed by atoms with Gasteiger partial charge in [0.25, 0.3) is 0 Å². The van der Waals surface area contributed by atoms with Gasteiger partial charge in [0.05, 0.1) is 13.0 Å². The van der Waals surface area contributed by atoms with Crippen molar-refractivity contribution in [1.29, 1.82) is 0 Å². The van der Waals surface area contributed by atoms with E-state index >= 15 is 0 Å². The molecule has 0 radical (unpaired) electrons. The molecule has 1 saturated heterocycles. The van der Waals surface area contributed by atoms with Gasteiger partial charge in [0, 0.05) is 30.2 Å². The predicted molar refractivity (Wildman–Crippen MR) is 113 cm³/mol. The first kappa shape index (κ1) is 19.9. The van der Waals surface area contributed by atoms with Crippen LogP contribution in [-0.4, -0.2) is 30.3 Å². The summed E-state index contributed by atoms with van der Waals surface area (Å²) in [5.41, 5.74) is 3.58. The maximum absolute atomic E-state index is 11.7. The largest absolute Gasteiger partial charge is 0.496 e. The molecule has 1 saturated carbocycles. The number of benzene rings is 2. The first-order valence-corrected chi connectivity index (χ1v) is 10.5. The second kappa shape index (κ2) is 8.56. The molecule has 5 nitrogen and oxygen atoms in total. The van der Waals surface area contributed by atoms with Gasteiger partial charge in [-0.25, -0.2) is 0 Å². The predicted octanol–water partition coefficient (Wildman–Crippen LogP) is 3.68. The fraction of sp³-hybridized carbons (Fsp3) is 0.458. The Morgan fingerprint density at radius 3 is 2.72 bits per heavy atom. The normalized spacial score (nSPS) is 28.7. The average molecular weight is 395 g/mol. The SMILES string of the molecule is COc1ccc(C)cc1CNC1C2CCC(C(=O)O)C(C2)NC1c1ccccc1. The van der Waals surface area contributed by atoms with Crippen molar-refractivity contribution < 1.29 is 14.6 Å². The van der Waals surface area contributed by atoms with Gasteiger partial charge in [-0.05, 0) is 43.7 Å². The van der Waals surface area contributed by atoms with Crippen LogP contribution in [0.1, 0.15) is 42.0 Å². The monoisotopic (exact) mass is 394 g/mol. The number of ether oxygens (including phenoxy) is 1. The Labute approximate surface area is 172 Å². The summed E-state index contributed by atoms with van der Waals surface area (Å²) >= 11 is 0. The number of rotatable bonds is 6. The van der Waals surface area contributed by atoms with E-state index in [4.69, 9.17) is 4.74 Å². The summed E-state index contributed by atoms with van der Waals surface area (Å²) in [5.74, 6) is 0.382. The smallest absolute Gasteiger partial charge is 0.308 e. The number of piperidine rings is 1. The third-order valence-corrected chi connectivity index (χ3v) is 6.59. The zero-order valence-corrected chi connectivity index (χ0v) is 17.1. The Kier molecular flexibility index (Phi) is 5.88. The van der Waals surface area contributed by atoms with E-state index in [0.717, 1.165) is 37.1 Å². The number of aryl methyl sites for hydroxylation is 1. The topological polar surface area (TPSA) is 70.6 Å². The van der Waals surface area contributed by atoms with E-state index < -0.39 is 5.97 Å². The van der Waals surface area contributed by atoms with Gasteiger partial charge in [-0.3, -0.25) is 4.79 Å². The van der Waals surface area contributed by atoms with Gasteiger partial charge in [0.15, 0.2) is 0 Å². The summed E-state index contributed by atoms with van der Waals surface area (Å²) in [5, 5.41) is 17.1. The van der Waals surface area contributed by atoms with Crippen LogP contribution in [0.5, 0.6) is 5.75 Å². The summed E-state index contributed by atoms with van der Waals surface area (Å²) < 4.78 is 5.55. The number of nitrogens with one attached hydrogen (secondary N) is 2. The number of fused-ring (bicyclic) bond motifs is 2. The summed E-state index contributed by atoms with van der Waals surface area (Å²) in [7, 11) is 1.71. The van der Waals surface area contributed by atoms with Gasteiger partial charge in [-0.15, -0.1) is 0 Å². The first-order valence-electron chi connectivity index (χ1n) is 10.5. The van der Waals surface area contributed by atoms with Crippen LogP contribution in [-0.2, 0) is 11.3 Å². The molecular weight excluding hydrogens is 364 g/mol. The van der Waals surface area contributed by atoms with Crippen LogP contribution < -0.4 is 15.4 Å². The number of carbonyl (C=O) groups is 1. The number of carboxylic acids is 1. The van der Waals surface area contributed by atoms with Gasteiger partial charge in [0.2, 0.25) is 0 Å². The molecule has 4 rings (SSSR count). The summed E-state index contributed by atoms with van der Waals surface area (Å²) in [4.78, 5) is 11.7. The minimum Gasteiger partial charge on any atom is -0.496 e. The highest BCUT2D eigenvalue weighted by Gasteiger charge is 2.45. The standard InChI is InChI=1S/C24H30N2O3/c1-15-8-11-21(29-2)18(12-15)14-25-22-17-9-10-19(24(27)28)20(13-17)26-23(22)16-6-4-3-5-7-16/h3-8,11-12,17,19-20,22-23,25-26H,9-10,13-14H2,1-2H3,(H,27,28). The molecule has 29 heavy (non-hydrogen) atoms. The molecule has 1 aliphatic carbocycles. The highest BCUT2D eigenvalue weighted by molar-refractivity contribution is 5.71. The number of hydrogen-bond acceptors (Lipinski definition) is 4. The Balaban J connectivity index is 1.58. The van der Waals surface area contributed by atoms with Gasteiger partial charge < -0.3 is 20.5 Å². The molecule has 0 aromatic heterocycles. The van der Waals surface area contributed by atoms with Crippen LogP contribution >= 0.6 is 0 Å². The Morgan fingerprint density at radius 2 is 2.00 bits per heavy atom. The maximum Gasteiger partial charge on any atom is 0.308 e. The molecule has 0 amide bonds. The average Bonchev–Trinajstić information content (AvgIpc) is 2.73. The lowest BCUT2D eigenvalue weighted by Crippen LogP contribution is -2.60. The molecule has 5 atom stereocenters. The molecule has 2 aromatic rings. The van der Waals surface area contributed by atoms with E-state index in [1.54, 1.807) is 7.11 Å². The van der Waals surface area contributed by atoms with Gasteiger partial charge in [0.1, 0.15) is 5.75 Å². The molecule has 0 spiro atoms. The van der Waals surface area contributed by atoms with Crippen molar-refractivity contribution in [2.24, 2.45) is 11.8 Å². The van der Waals surface area contributed by atoms with Crippen molar-refractivity contribution in [1.82, 2.24) is 10.6 Å². The van der Waals surface area contributed by atoms with E-state index in [-0.39, 0.29) is 24.0 Å². The Bertz CT molecular complexity index is 854. The number of methoxy groups -OCH3 is 1. The van der Waals surface area contributed by atoms with Gasteiger partial charge in [-0.2, -0.15) is 0 Å². The molecule has 2 bridgehead atoms. The second-order valence-electron chi connectivity index (χ2n) is 8.40. The van der Waals surface area contributed by atoms with E-state index in [1.165, 1.54) is 11.1 Å². The maximum atomic E-state index is 11.7. The molecule has 5 unspecified atom stereocenters. The molecule has 2 aliphatic rings. The third kappa shape index (κ3) is 4.16. The van der Waals surface area contributed by atoms with Gasteiger partial charge >= 0.3 is 5.97 Å². The van der Waals surface area contributed by atoms with E-state index in [1.807, 2.05) is 12.1 Å². The van der Waals surface area contributed by atoms with E-state index in [2.05, 4.69) is 54.0 Å². The molecular formula is C24H30N2O3. The number of carboxylic acid groups (broad SMARTS) is 1. The lowest BCUT2D eigenvalue weighted by atomic mass is 9.69. The fourth-order valence-electron chi connectivity index (χ4n) is 5.14.